The van der Waals surface area contributed by atoms with E-state index < -0.39 is 6.04 Å². The van der Waals surface area contributed by atoms with Crippen LogP contribution in [0.25, 0.3) is 5.57 Å². The van der Waals surface area contributed by atoms with E-state index >= 15 is 0 Å². The van der Waals surface area contributed by atoms with Gasteiger partial charge in [-0.3, -0.25) is 9.79 Å². The van der Waals surface area contributed by atoms with Gasteiger partial charge in [-0.25, -0.2) is 0 Å². The van der Waals surface area contributed by atoms with Gasteiger partial charge in [0.05, 0.1) is 13.2 Å². The number of hydrogen-bond donors (Lipinski definition) is 0. The first kappa shape index (κ1) is 18.9. The Hall–Kier alpha value is -3.05. The van der Waals surface area contributed by atoms with Crippen molar-refractivity contribution in [2.24, 2.45) is 4.99 Å². The summed E-state index contributed by atoms with van der Waals surface area (Å²) < 4.78 is 5.33. The first-order valence-electron chi connectivity index (χ1n) is 10.1. The van der Waals surface area contributed by atoms with Crippen LogP contribution < -0.4 is 9.64 Å². The van der Waals surface area contributed by atoms with Crippen molar-refractivity contribution in [3.63, 3.8) is 0 Å². The molecule has 2 unspecified atom stereocenters. The third-order valence-electron chi connectivity index (χ3n) is 5.74. The number of carbonyl (C=O) groups excluding carboxylic acids is 1. The van der Waals surface area contributed by atoms with Gasteiger partial charge in [0.1, 0.15) is 11.8 Å². The molecule has 3 aliphatic rings. The predicted molar refractivity (Wildman–Crippen MR) is 124 cm³/mol. The normalized spacial score (nSPS) is 22.6. The number of thioether (sulfide) groups is 1. The topological polar surface area (TPSA) is 41.9 Å². The van der Waals surface area contributed by atoms with E-state index in [0.717, 1.165) is 23.6 Å². The molecule has 0 spiro atoms. The summed E-state index contributed by atoms with van der Waals surface area (Å²) in [6.07, 6.45) is 10.4. The second-order valence-corrected chi connectivity index (χ2v) is 8.54. The van der Waals surface area contributed by atoms with Crippen LogP contribution in [-0.4, -0.2) is 36.9 Å². The van der Waals surface area contributed by atoms with E-state index in [0.29, 0.717) is 0 Å². The number of fused-ring (bicyclic) bond motifs is 2. The van der Waals surface area contributed by atoms with Crippen LogP contribution in [0.3, 0.4) is 0 Å². The lowest BCUT2D eigenvalue weighted by atomic mass is 9.83. The molecule has 3 aliphatic heterocycles. The quantitative estimate of drug-likeness (QED) is 0.715. The minimum atomic E-state index is -0.483. The van der Waals surface area contributed by atoms with Gasteiger partial charge in [0.2, 0.25) is 0 Å². The van der Waals surface area contributed by atoms with Crippen molar-refractivity contribution in [1.29, 1.82) is 0 Å². The van der Waals surface area contributed by atoms with Crippen molar-refractivity contribution < 1.29 is 9.53 Å². The molecule has 4 nitrogen and oxygen atoms in total. The molecule has 3 heterocycles. The fourth-order valence-corrected chi connectivity index (χ4v) is 5.37. The molecule has 5 heteroatoms. The van der Waals surface area contributed by atoms with E-state index in [1.54, 1.807) is 25.5 Å². The van der Waals surface area contributed by atoms with E-state index in [-0.39, 0.29) is 11.8 Å². The zero-order valence-corrected chi connectivity index (χ0v) is 17.5. The summed E-state index contributed by atoms with van der Waals surface area (Å²) in [5.41, 5.74) is 4.72. The molecule has 0 radical (unpaired) electrons. The summed E-state index contributed by atoms with van der Waals surface area (Å²) in [5, 5.41) is 0. The van der Waals surface area contributed by atoms with Gasteiger partial charge in [-0.05, 0) is 71.7 Å². The largest absolute Gasteiger partial charge is 0.497 e. The molecule has 30 heavy (non-hydrogen) atoms. The number of ketones is 1. The maximum atomic E-state index is 12.9. The molecule has 2 atom stereocenters. The summed E-state index contributed by atoms with van der Waals surface area (Å²) in [7, 11) is 1.66. The molecule has 0 bridgehead atoms. The van der Waals surface area contributed by atoms with Crippen LogP contribution in [0.1, 0.15) is 12.0 Å². The van der Waals surface area contributed by atoms with Crippen molar-refractivity contribution in [3.8, 4) is 5.75 Å². The van der Waals surface area contributed by atoms with Crippen LogP contribution in [-0.2, 0) is 4.79 Å². The number of aliphatic imine (C=N–C) groups is 1. The fourth-order valence-electron chi connectivity index (χ4n) is 4.32. The van der Waals surface area contributed by atoms with E-state index in [1.165, 1.54) is 21.6 Å². The Morgan fingerprint density at radius 2 is 1.93 bits per heavy atom. The van der Waals surface area contributed by atoms with E-state index in [9.17, 15) is 4.79 Å². The molecule has 0 amide bonds. The number of anilines is 1. The highest BCUT2D eigenvalue weighted by molar-refractivity contribution is 7.99. The average Bonchev–Trinajstić information content (AvgIpc) is 2.98. The SMILES string of the molecule is COc1ccc(N2C=CC3=C(c4ccccc4SCC3)C2C2N=CC=CC2=O)cc1. The van der Waals surface area contributed by atoms with E-state index in [4.69, 9.17) is 4.74 Å². The fraction of sp³-hybridized carbons (Fsp3) is 0.200. The number of dihydropyridines is 1. The summed E-state index contributed by atoms with van der Waals surface area (Å²) >= 11 is 1.88. The number of carbonyl (C=O) groups is 1. The summed E-state index contributed by atoms with van der Waals surface area (Å²) in [4.78, 5) is 21.0. The molecular weight excluding hydrogens is 392 g/mol. The third kappa shape index (κ3) is 3.29. The third-order valence-corrected chi connectivity index (χ3v) is 6.81. The Labute approximate surface area is 180 Å². The lowest BCUT2D eigenvalue weighted by Gasteiger charge is -2.39. The maximum Gasteiger partial charge on any atom is 0.182 e. The van der Waals surface area contributed by atoms with Gasteiger partial charge in [0, 0.05) is 28.8 Å². The highest BCUT2D eigenvalue weighted by atomic mass is 32.2. The number of allylic oxidation sites excluding steroid dienone is 3. The number of rotatable bonds is 3. The molecule has 0 saturated carbocycles. The second-order valence-electron chi connectivity index (χ2n) is 7.40. The molecule has 0 N–H and O–H groups in total. The van der Waals surface area contributed by atoms with Gasteiger partial charge < -0.3 is 9.64 Å². The predicted octanol–water partition coefficient (Wildman–Crippen LogP) is 4.93. The standard InChI is InChI=1S/C25H22N2O2S/c1-29-19-10-8-18(9-11-19)27-15-12-17-13-16-30-22-7-3-2-5-20(22)23(17)25(27)24-21(28)6-4-14-26-24/h2-12,14-15,24-25H,13,16H2,1H3. The van der Waals surface area contributed by atoms with Crippen molar-refractivity contribution in [2.45, 2.75) is 23.4 Å². The minimum absolute atomic E-state index is 0.0394. The van der Waals surface area contributed by atoms with E-state index in [1.807, 2.05) is 36.0 Å². The zero-order valence-electron chi connectivity index (χ0n) is 16.7. The van der Waals surface area contributed by atoms with Gasteiger partial charge in [-0.1, -0.05) is 18.2 Å². The van der Waals surface area contributed by atoms with Gasteiger partial charge in [0.25, 0.3) is 0 Å². The number of hydrogen-bond acceptors (Lipinski definition) is 5. The Kier molecular flexibility index (Phi) is 5.05. The monoisotopic (exact) mass is 414 g/mol. The van der Waals surface area contributed by atoms with Crippen LogP contribution in [0.4, 0.5) is 5.69 Å². The van der Waals surface area contributed by atoms with Gasteiger partial charge in [-0.2, -0.15) is 0 Å². The van der Waals surface area contributed by atoms with Crippen LogP contribution in [0.2, 0.25) is 0 Å². The van der Waals surface area contributed by atoms with Gasteiger partial charge >= 0.3 is 0 Å². The molecule has 0 aromatic heterocycles. The molecule has 0 saturated heterocycles. The van der Waals surface area contributed by atoms with Crippen LogP contribution in [0.15, 0.2) is 88.4 Å². The van der Waals surface area contributed by atoms with Crippen molar-refractivity contribution in [3.05, 3.63) is 84.1 Å². The molecule has 2 aromatic carbocycles. The smallest absolute Gasteiger partial charge is 0.182 e. The minimum Gasteiger partial charge on any atom is -0.497 e. The number of ether oxygens (including phenoxy) is 1. The lowest BCUT2D eigenvalue weighted by Crippen LogP contribution is -2.46. The molecule has 150 valence electrons. The second kappa shape index (κ2) is 8.00. The highest BCUT2D eigenvalue weighted by Gasteiger charge is 2.39. The first-order chi connectivity index (χ1) is 14.8. The summed E-state index contributed by atoms with van der Waals surface area (Å²) in [5.74, 6) is 1.87. The van der Waals surface area contributed by atoms with Gasteiger partial charge in [0.15, 0.2) is 5.78 Å². The molecule has 2 aromatic rings. The van der Waals surface area contributed by atoms with E-state index in [2.05, 4.69) is 46.4 Å². The first-order valence-corrected chi connectivity index (χ1v) is 11.0. The maximum absolute atomic E-state index is 12.9. The summed E-state index contributed by atoms with van der Waals surface area (Å²) in [6.45, 7) is 0. The van der Waals surface area contributed by atoms with Gasteiger partial charge in [-0.15, -0.1) is 11.8 Å². The van der Waals surface area contributed by atoms with Crippen molar-refractivity contribution in [1.82, 2.24) is 0 Å². The molecular formula is C25H22N2O2S. The van der Waals surface area contributed by atoms with Crippen molar-refractivity contribution in [2.75, 3.05) is 17.8 Å². The number of nitrogens with zero attached hydrogens (tertiary/aromatic N) is 2. The Bertz CT molecular complexity index is 1100. The van der Waals surface area contributed by atoms with Crippen LogP contribution >= 0.6 is 11.8 Å². The zero-order chi connectivity index (χ0) is 20.5. The molecule has 5 rings (SSSR count). The Balaban J connectivity index is 1.68. The average molecular weight is 415 g/mol. The summed E-state index contributed by atoms with van der Waals surface area (Å²) in [6, 6.07) is 15.8. The van der Waals surface area contributed by atoms with Crippen molar-refractivity contribution >= 4 is 35.0 Å². The molecule has 0 aliphatic carbocycles. The molecule has 0 fully saturated rings. The van der Waals surface area contributed by atoms with Crippen LogP contribution in [0, 0.1) is 0 Å². The Morgan fingerprint density at radius 1 is 1.10 bits per heavy atom. The van der Waals surface area contributed by atoms with Crippen LogP contribution in [0.5, 0.6) is 5.75 Å². The highest BCUT2D eigenvalue weighted by Crippen LogP contribution is 2.44. The lowest BCUT2D eigenvalue weighted by molar-refractivity contribution is -0.115. The Morgan fingerprint density at radius 3 is 2.73 bits per heavy atom. The number of benzene rings is 2. The number of methoxy groups -OCH3 is 1.